The molecule has 0 fully saturated rings. The molecule has 0 N–H and O–H groups in total. The fourth-order valence-electron chi connectivity index (χ4n) is 1.80. The number of aliphatic imine (C=N–C) groups is 1. The number of carbonyl (C=O) groups is 2. The van der Waals surface area contributed by atoms with Gasteiger partial charge < -0.3 is 4.74 Å². The van der Waals surface area contributed by atoms with Gasteiger partial charge in [0.15, 0.2) is 11.6 Å². The molecule has 0 saturated heterocycles. The number of Topliss-reactive ketones (excluding diaryl/α,β-unsaturated/α-hetero) is 1. The Morgan fingerprint density at radius 1 is 1.32 bits per heavy atom. The zero-order valence-electron chi connectivity index (χ0n) is 12.0. The van der Waals surface area contributed by atoms with Crippen molar-refractivity contribution in [3.63, 3.8) is 0 Å². The number of allylic oxidation sites excluding steroid dienone is 1. The summed E-state index contributed by atoms with van der Waals surface area (Å²) in [5.74, 6) is -0.204. The SMILES string of the molecule is CC(=O)C1=NC(C)=CCN1C(=O)Oc1ccc([N+](=O)[O-])cc1. The van der Waals surface area contributed by atoms with E-state index >= 15 is 0 Å². The Labute approximate surface area is 125 Å². The minimum Gasteiger partial charge on any atom is -0.410 e. The number of amides is 1. The van der Waals surface area contributed by atoms with E-state index in [9.17, 15) is 19.7 Å². The molecule has 1 aromatic carbocycles. The van der Waals surface area contributed by atoms with Gasteiger partial charge in [-0.05, 0) is 25.1 Å². The van der Waals surface area contributed by atoms with Crippen molar-refractivity contribution in [1.29, 1.82) is 0 Å². The lowest BCUT2D eigenvalue weighted by Crippen LogP contribution is -2.43. The fraction of sp³-hybridized carbons (Fsp3) is 0.214. The topological polar surface area (TPSA) is 102 Å². The van der Waals surface area contributed by atoms with Crippen LogP contribution in [0, 0.1) is 10.1 Å². The molecule has 8 heteroatoms. The Kier molecular flexibility index (Phi) is 4.31. The molecule has 2 rings (SSSR count). The molecule has 1 aliphatic rings. The first-order valence-corrected chi connectivity index (χ1v) is 6.38. The molecule has 0 atom stereocenters. The summed E-state index contributed by atoms with van der Waals surface area (Å²) in [5.41, 5.74) is 0.534. The quantitative estimate of drug-likeness (QED) is 0.629. The molecule has 22 heavy (non-hydrogen) atoms. The molecule has 0 bridgehead atoms. The molecule has 0 spiro atoms. The van der Waals surface area contributed by atoms with E-state index in [0.29, 0.717) is 5.70 Å². The minimum atomic E-state index is -0.772. The number of hydrogen-bond donors (Lipinski definition) is 0. The third-order valence-corrected chi connectivity index (χ3v) is 2.90. The second-order valence-corrected chi connectivity index (χ2v) is 4.57. The van der Waals surface area contributed by atoms with Crippen LogP contribution in [-0.2, 0) is 4.79 Å². The minimum absolute atomic E-state index is 0.00640. The Morgan fingerprint density at radius 3 is 2.50 bits per heavy atom. The van der Waals surface area contributed by atoms with Gasteiger partial charge in [0.1, 0.15) is 5.75 Å². The maximum Gasteiger partial charge on any atom is 0.421 e. The standard InChI is InChI=1S/C14H13N3O5/c1-9-7-8-16(13(15-9)10(2)18)14(19)22-12-5-3-11(4-6-12)17(20)21/h3-7H,8H2,1-2H3. The predicted octanol–water partition coefficient (Wildman–Crippen LogP) is 2.30. The van der Waals surface area contributed by atoms with Crippen LogP contribution in [0.3, 0.4) is 0 Å². The Hall–Kier alpha value is -3.03. The van der Waals surface area contributed by atoms with Crippen LogP contribution in [0.2, 0.25) is 0 Å². The van der Waals surface area contributed by atoms with Gasteiger partial charge in [0.05, 0.1) is 11.5 Å². The highest BCUT2D eigenvalue weighted by atomic mass is 16.6. The maximum atomic E-state index is 12.1. The second kappa shape index (κ2) is 6.17. The molecule has 1 heterocycles. The number of nitrogens with zero attached hydrogens (tertiary/aromatic N) is 3. The number of benzene rings is 1. The maximum absolute atomic E-state index is 12.1. The van der Waals surface area contributed by atoms with Gasteiger partial charge >= 0.3 is 6.09 Å². The molecule has 114 valence electrons. The first kappa shape index (κ1) is 15.4. The number of hydrogen-bond acceptors (Lipinski definition) is 6. The van der Waals surface area contributed by atoms with Crippen molar-refractivity contribution in [3.05, 3.63) is 46.2 Å². The number of carbonyl (C=O) groups excluding carboxylic acids is 2. The molecule has 0 radical (unpaired) electrons. The summed E-state index contributed by atoms with van der Waals surface area (Å²) in [5, 5.41) is 10.6. The molecule has 8 nitrogen and oxygen atoms in total. The number of nitro groups is 1. The number of amidine groups is 1. The highest BCUT2D eigenvalue weighted by Crippen LogP contribution is 2.19. The van der Waals surface area contributed by atoms with Crippen molar-refractivity contribution in [1.82, 2.24) is 4.90 Å². The summed E-state index contributed by atoms with van der Waals surface area (Å²) >= 11 is 0. The number of ether oxygens (including phenoxy) is 1. The second-order valence-electron chi connectivity index (χ2n) is 4.57. The molecule has 0 aromatic heterocycles. The molecule has 1 aliphatic heterocycles. The monoisotopic (exact) mass is 303 g/mol. The predicted molar refractivity (Wildman–Crippen MR) is 77.7 cm³/mol. The Bertz CT molecular complexity index is 691. The summed E-state index contributed by atoms with van der Waals surface area (Å²) in [7, 11) is 0. The van der Waals surface area contributed by atoms with E-state index in [1.165, 1.54) is 31.2 Å². The van der Waals surface area contributed by atoms with Crippen molar-refractivity contribution in [2.24, 2.45) is 4.99 Å². The third kappa shape index (κ3) is 3.35. The van der Waals surface area contributed by atoms with Crippen molar-refractivity contribution < 1.29 is 19.2 Å². The van der Waals surface area contributed by atoms with Crippen molar-refractivity contribution in [3.8, 4) is 5.75 Å². The average molecular weight is 303 g/mol. The van der Waals surface area contributed by atoms with Gasteiger partial charge in [0, 0.05) is 24.8 Å². The lowest BCUT2D eigenvalue weighted by Gasteiger charge is -2.23. The van der Waals surface area contributed by atoms with E-state index in [1.807, 2.05) is 0 Å². The van der Waals surface area contributed by atoms with E-state index in [1.54, 1.807) is 13.0 Å². The van der Waals surface area contributed by atoms with Crippen LogP contribution < -0.4 is 4.74 Å². The van der Waals surface area contributed by atoms with Crippen LogP contribution in [0.4, 0.5) is 10.5 Å². The first-order valence-electron chi connectivity index (χ1n) is 6.38. The van der Waals surface area contributed by atoms with Crippen LogP contribution >= 0.6 is 0 Å². The first-order chi connectivity index (χ1) is 10.4. The van der Waals surface area contributed by atoms with Gasteiger partial charge in [-0.3, -0.25) is 19.8 Å². The van der Waals surface area contributed by atoms with E-state index in [-0.39, 0.29) is 29.6 Å². The zero-order chi connectivity index (χ0) is 16.3. The van der Waals surface area contributed by atoms with Gasteiger partial charge in [-0.25, -0.2) is 9.79 Å². The normalized spacial score (nSPS) is 14.0. The van der Waals surface area contributed by atoms with Gasteiger partial charge in [-0.15, -0.1) is 0 Å². The van der Waals surface area contributed by atoms with Crippen LogP contribution in [0.5, 0.6) is 5.75 Å². The lowest BCUT2D eigenvalue weighted by molar-refractivity contribution is -0.384. The molecule has 0 unspecified atom stereocenters. The van der Waals surface area contributed by atoms with Gasteiger partial charge in [0.2, 0.25) is 0 Å². The van der Waals surface area contributed by atoms with E-state index in [4.69, 9.17) is 4.74 Å². The summed E-state index contributed by atoms with van der Waals surface area (Å²) in [6, 6.07) is 5.07. The smallest absolute Gasteiger partial charge is 0.410 e. The van der Waals surface area contributed by atoms with Gasteiger partial charge in [-0.1, -0.05) is 0 Å². The van der Waals surface area contributed by atoms with E-state index in [2.05, 4.69) is 4.99 Å². The zero-order valence-corrected chi connectivity index (χ0v) is 12.0. The summed E-state index contributed by atoms with van der Waals surface area (Å²) in [4.78, 5) is 38.8. The highest BCUT2D eigenvalue weighted by Gasteiger charge is 2.26. The van der Waals surface area contributed by atoms with Gasteiger partial charge in [0.25, 0.3) is 5.69 Å². The molecular formula is C14H13N3O5. The van der Waals surface area contributed by atoms with Crippen molar-refractivity contribution in [2.45, 2.75) is 13.8 Å². The highest BCUT2D eigenvalue weighted by molar-refractivity contribution is 6.40. The van der Waals surface area contributed by atoms with Crippen LogP contribution in [0.25, 0.3) is 0 Å². The summed E-state index contributed by atoms with van der Waals surface area (Å²) < 4.78 is 5.11. The fourth-order valence-corrected chi connectivity index (χ4v) is 1.80. The lowest BCUT2D eigenvalue weighted by atomic mass is 10.3. The number of ketones is 1. The average Bonchev–Trinajstić information content (AvgIpc) is 2.47. The van der Waals surface area contributed by atoms with Crippen LogP contribution in [0.1, 0.15) is 13.8 Å². The largest absolute Gasteiger partial charge is 0.421 e. The van der Waals surface area contributed by atoms with Crippen LogP contribution in [0.15, 0.2) is 41.0 Å². The summed E-state index contributed by atoms with van der Waals surface area (Å²) in [6.45, 7) is 3.21. The molecule has 0 saturated carbocycles. The van der Waals surface area contributed by atoms with Gasteiger partial charge in [-0.2, -0.15) is 0 Å². The van der Waals surface area contributed by atoms with Crippen LogP contribution in [-0.4, -0.2) is 34.1 Å². The molecule has 1 aromatic rings. The van der Waals surface area contributed by atoms with E-state index in [0.717, 1.165) is 4.90 Å². The molecular weight excluding hydrogens is 290 g/mol. The Balaban J connectivity index is 2.13. The number of rotatable bonds is 3. The Morgan fingerprint density at radius 2 is 1.95 bits per heavy atom. The number of non-ortho nitro benzene ring substituents is 1. The third-order valence-electron chi connectivity index (χ3n) is 2.90. The molecule has 1 amide bonds. The summed E-state index contributed by atoms with van der Waals surface area (Å²) in [6.07, 6.45) is 0.912. The van der Waals surface area contributed by atoms with E-state index < -0.39 is 11.0 Å². The van der Waals surface area contributed by atoms with Crippen molar-refractivity contribution in [2.75, 3.05) is 6.54 Å². The number of nitro benzene ring substituents is 1. The molecule has 0 aliphatic carbocycles. The van der Waals surface area contributed by atoms with Crippen molar-refractivity contribution >= 4 is 23.4 Å².